The number of ether oxygens (including phenoxy) is 1. The molecule has 0 saturated heterocycles. The molecule has 0 N–H and O–H groups in total. The molecule has 0 bridgehead atoms. The van der Waals surface area contributed by atoms with Crippen molar-refractivity contribution in [1.82, 2.24) is 4.90 Å². The van der Waals surface area contributed by atoms with Gasteiger partial charge in [-0.25, -0.2) is 4.79 Å². The molecule has 5 heteroatoms. The Kier molecular flexibility index (Phi) is 5.56. The van der Waals surface area contributed by atoms with E-state index in [1.54, 1.807) is 4.90 Å². The molecular formula is C17H33NO3Si. The summed E-state index contributed by atoms with van der Waals surface area (Å²) in [6.07, 6.45) is 2.47. The van der Waals surface area contributed by atoms with Gasteiger partial charge in [-0.3, -0.25) is 4.90 Å². The second-order valence-corrected chi connectivity index (χ2v) is 13.6. The summed E-state index contributed by atoms with van der Waals surface area (Å²) in [6.45, 7) is 19.4. The predicted octanol–water partition coefficient (Wildman–Crippen LogP) is 4.92. The van der Waals surface area contributed by atoms with Crippen molar-refractivity contribution < 1.29 is 14.0 Å². The Balaban J connectivity index is 2.73. The molecule has 22 heavy (non-hydrogen) atoms. The monoisotopic (exact) mass is 327 g/mol. The lowest BCUT2D eigenvalue weighted by molar-refractivity contribution is 0.0246. The van der Waals surface area contributed by atoms with E-state index in [4.69, 9.17) is 9.16 Å². The SMILES string of the molecule is CC1=CN(C(=O)OC(C)(C)C)[C@H](CO[Si](C)(C)C(C)(C)C)C1. The summed E-state index contributed by atoms with van der Waals surface area (Å²) >= 11 is 0. The minimum Gasteiger partial charge on any atom is -0.443 e. The zero-order chi connectivity index (χ0) is 17.3. The van der Waals surface area contributed by atoms with Crippen molar-refractivity contribution in [2.45, 2.75) is 84.7 Å². The second-order valence-electron chi connectivity index (χ2n) is 8.79. The molecular weight excluding hydrogens is 294 g/mol. The van der Waals surface area contributed by atoms with Gasteiger partial charge in [0.15, 0.2) is 8.32 Å². The Morgan fingerprint density at radius 2 is 1.82 bits per heavy atom. The molecule has 1 aliphatic rings. The lowest BCUT2D eigenvalue weighted by Gasteiger charge is -2.38. The summed E-state index contributed by atoms with van der Waals surface area (Å²) in [7, 11) is -1.81. The summed E-state index contributed by atoms with van der Waals surface area (Å²) in [6, 6.07) is 0.0453. The van der Waals surface area contributed by atoms with Crippen LogP contribution in [0.3, 0.4) is 0 Å². The molecule has 0 aliphatic carbocycles. The molecule has 1 aliphatic heterocycles. The van der Waals surface area contributed by atoms with Gasteiger partial charge >= 0.3 is 6.09 Å². The average molecular weight is 328 g/mol. The van der Waals surface area contributed by atoms with E-state index in [0.717, 1.165) is 6.42 Å². The number of hydrogen-bond acceptors (Lipinski definition) is 3. The Bertz CT molecular complexity index is 444. The molecule has 0 saturated carbocycles. The van der Waals surface area contributed by atoms with Crippen LogP contribution in [0.4, 0.5) is 4.79 Å². The van der Waals surface area contributed by atoms with E-state index in [1.165, 1.54) is 5.57 Å². The fourth-order valence-corrected chi connectivity index (χ4v) is 3.08. The molecule has 1 atom stereocenters. The molecule has 4 nitrogen and oxygen atoms in total. The van der Waals surface area contributed by atoms with Gasteiger partial charge in [-0.2, -0.15) is 0 Å². The van der Waals surface area contributed by atoms with Gasteiger partial charge in [0.25, 0.3) is 0 Å². The van der Waals surface area contributed by atoms with Crippen LogP contribution in [0.25, 0.3) is 0 Å². The van der Waals surface area contributed by atoms with Crippen LogP contribution in [0.1, 0.15) is 54.9 Å². The number of amides is 1. The quantitative estimate of drug-likeness (QED) is 0.690. The molecule has 0 radical (unpaired) electrons. The van der Waals surface area contributed by atoms with Gasteiger partial charge in [0.05, 0.1) is 12.6 Å². The molecule has 1 heterocycles. The van der Waals surface area contributed by atoms with Crippen molar-refractivity contribution in [1.29, 1.82) is 0 Å². The second kappa shape index (κ2) is 6.36. The highest BCUT2D eigenvalue weighted by Gasteiger charge is 2.39. The first-order valence-electron chi connectivity index (χ1n) is 8.05. The van der Waals surface area contributed by atoms with Gasteiger partial charge in [0.1, 0.15) is 5.60 Å². The van der Waals surface area contributed by atoms with Crippen molar-refractivity contribution >= 4 is 14.4 Å². The van der Waals surface area contributed by atoms with Crippen molar-refractivity contribution in [2.24, 2.45) is 0 Å². The zero-order valence-electron chi connectivity index (χ0n) is 15.7. The normalized spacial score (nSPS) is 20.1. The van der Waals surface area contributed by atoms with Crippen molar-refractivity contribution in [3.8, 4) is 0 Å². The molecule has 1 rings (SSSR count). The van der Waals surface area contributed by atoms with E-state index in [2.05, 4.69) is 33.9 Å². The van der Waals surface area contributed by atoms with Crippen molar-refractivity contribution in [3.63, 3.8) is 0 Å². The van der Waals surface area contributed by atoms with Crippen molar-refractivity contribution in [2.75, 3.05) is 6.61 Å². The summed E-state index contributed by atoms with van der Waals surface area (Å²) in [5.41, 5.74) is 0.710. The van der Waals surface area contributed by atoms with Gasteiger partial charge in [-0.05, 0) is 52.2 Å². The predicted molar refractivity (Wildman–Crippen MR) is 93.4 cm³/mol. The largest absolute Gasteiger partial charge is 0.443 e. The number of nitrogens with zero attached hydrogens (tertiary/aromatic N) is 1. The molecule has 1 amide bonds. The third kappa shape index (κ3) is 5.13. The summed E-state index contributed by atoms with van der Waals surface area (Å²) < 4.78 is 11.8. The number of carbonyl (C=O) groups is 1. The average Bonchev–Trinajstić information content (AvgIpc) is 2.64. The van der Waals surface area contributed by atoms with E-state index in [9.17, 15) is 4.79 Å². The van der Waals surface area contributed by atoms with Crippen LogP contribution in [0.5, 0.6) is 0 Å². The fraction of sp³-hybridized carbons (Fsp3) is 0.824. The molecule has 0 spiro atoms. The maximum atomic E-state index is 12.4. The van der Waals surface area contributed by atoms with Crippen LogP contribution < -0.4 is 0 Å². The summed E-state index contributed by atoms with van der Waals surface area (Å²) in [5, 5.41) is 0.171. The Morgan fingerprint density at radius 3 is 2.27 bits per heavy atom. The lowest BCUT2D eigenvalue weighted by Crippen LogP contribution is -2.46. The first-order chi connectivity index (χ1) is 9.73. The van der Waals surface area contributed by atoms with Crippen LogP contribution in [0.2, 0.25) is 18.1 Å². The summed E-state index contributed by atoms with van der Waals surface area (Å²) in [4.78, 5) is 14.1. The molecule has 0 aromatic carbocycles. The minimum absolute atomic E-state index is 0.0453. The van der Waals surface area contributed by atoms with Gasteiger partial charge in [-0.1, -0.05) is 26.3 Å². The van der Waals surface area contributed by atoms with Crippen LogP contribution in [-0.2, 0) is 9.16 Å². The molecule has 0 unspecified atom stereocenters. The van der Waals surface area contributed by atoms with Gasteiger partial charge in [0, 0.05) is 6.20 Å². The smallest absolute Gasteiger partial charge is 0.414 e. The van der Waals surface area contributed by atoms with Crippen molar-refractivity contribution in [3.05, 3.63) is 11.8 Å². The third-order valence-electron chi connectivity index (χ3n) is 4.36. The van der Waals surface area contributed by atoms with E-state index in [1.807, 2.05) is 33.9 Å². The highest BCUT2D eigenvalue weighted by molar-refractivity contribution is 6.74. The van der Waals surface area contributed by atoms with Gasteiger partial charge < -0.3 is 9.16 Å². The molecule has 0 fully saturated rings. The molecule has 0 aromatic rings. The number of hydrogen-bond donors (Lipinski definition) is 0. The molecule has 0 aromatic heterocycles. The summed E-state index contributed by atoms with van der Waals surface area (Å²) in [5.74, 6) is 0. The van der Waals surface area contributed by atoms with E-state index in [-0.39, 0.29) is 17.2 Å². The fourth-order valence-electron chi connectivity index (χ4n) is 2.04. The van der Waals surface area contributed by atoms with Crippen LogP contribution in [0.15, 0.2) is 11.8 Å². The first kappa shape index (κ1) is 19.2. The standard InChI is InChI=1S/C17H33NO3Si/c1-13-10-14(12-20-22(8,9)17(5,6)7)18(11-13)15(19)21-16(2,3)4/h11,14H,10,12H2,1-9H3/t14-/m0/s1. The number of carbonyl (C=O) groups excluding carboxylic acids is 1. The van der Waals surface area contributed by atoms with E-state index >= 15 is 0 Å². The Morgan fingerprint density at radius 1 is 1.27 bits per heavy atom. The lowest BCUT2D eigenvalue weighted by atomic mass is 10.2. The van der Waals surface area contributed by atoms with Gasteiger partial charge in [0.2, 0.25) is 0 Å². The zero-order valence-corrected chi connectivity index (χ0v) is 16.7. The van der Waals surface area contributed by atoms with Crippen LogP contribution in [-0.4, -0.2) is 37.6 Å². The highest BCUT2D eigenvalue weighted by atomic mass is 28.4. The van der Waals surface area contributed by atoms with Crippen LogP contribution >= 0.6 is 0 Å². The minimum atomic E-state index is -1.81. The Hall–Kier alpha value is -0.813. The maximum Gasteiger partial charge on any atom is 0.414 e. The third-order valence-corrected chi connectivity index (χ3v) is 8.86. The topological polar surface area (TPSA) is 38.8 Å². The van der Waals surface area contributed by atoms with E-state index < -0.39 is 13.9 Å². The van der Waals surface area contributed by atoms with Crippen LogP contribution in [0, 0.1) is 0 Å². The highest BCUT2D eigenvalue weighted by Crippen LogP contribution is 2.37. The Labute approximate surface area is 137 Å². The maximum absolute atomic E-state index is 12.4. The molecule has 128 valence electrons. The first-order valence-corrected chi connectivity index (χ1v) is 11.0. The van der Waals surface area contributed by atoms with E-state index in [0.29, 0.717) is 6.61 Å². The number of rotatable bonds is 3. The van der Waals surface area contributed by atoms with Gasteiger partial charge in [-0.15, -0.1) is 0 Å².